The van der Waals surface area contributed by atoms with Crippen LogP contribution < -0.4 is 19.5 Å². The molecule has 1 aliphatic rings. The lowest BCUT2D eigenvalue weighted by Crippen LogP contribution is -2.45. The topological polar surface area (TPSA) is 76.7 Å². The van der Waals surface area contributed by atoms with Crippen LogP contribution in [0.5, 0.6) is 11.5 Å². The van der Waals surface area contributed by atoms with Crippen LogP contribution in [-0.4, -0.2) is 41.8 Å². The molecule has 0 bridgehead atoms. The van der Waals surface area contributed by atoms with Crippen molar-refractivity contribution in [3.63, 3.8) is 0 Å². The molecule has 2 rings (SSSR count). The highest BCUT2D eigenvalue weighted by Crippen LogP contribution is 2.35. The van der Waals surface area contributed by atoms with Crippen LogP contribution in [0.15, 0.2) is 21.5 Å². The number of methoxy groups -OCH3 is 2. The smallest absolute Gasteiger partial charge is 0.244 e. The van der Waals surface area contributed by atoms with E-state index in [1.807, 2.05) is 0 Å². The first kappa shape index (κ1) is 16.5. The molecule has 0 aromatic heterocycles. The molecule has 1 aromatic rings. The number of hydrogen-bond acceptors (Lipinski definition) is 5. The molecule has 1 heterocycles. The Labute approximate surface area is 133 Å². The fourth-order valence-corrected chi connectivity index (χ4v) is 4.38. The largest absolute Gasteiger partial charge is 0.495 e. The van der Waals surface area contributed by atoms with Crippen molar-refractivity contribution in [2.75, 3.05) is 27.3 Å². The number of rotatable bonds is 5. The van der Waals surface area contributed by atoms with E-state index in [0.29, 0.717) is 16.8 Å². The lowest BCUT2D eigenvalue weighted by atomic mass is 10.1. The summed E-state index contributed by atoms with van der Waals surface area (Å²) < 4.78 is 38.7. The number of sulfonamides is 1. The molecule has 1 atom stereocenters. The molecule has 1 saturated heterocycles. The maximum atomic E-state index is 12.6. The Balaban J connectivity index is 2.32. The Morgan fingerprint density at radius 1 is 1.29 bits per heavy atom. The van der Waals surface area contributed by atoms with Gasteiger partial charge in [0.05, 0.1) is 18.7 Å². The maximum Gasteiger partial charge on any atom is 0.244 e. The lowest BCUT2D eigenvalue weighted by molar-refractivity contribution is 0.383. The molecule has 1 aromatic carbocycles. The van der Waals surface area contributed by atoms with Gasteiger partial charge in [-0.15, -0.1) is 0 Å². The van der Waals surface area contributed by atoms with Gasteiger partial charge in [0, 0.05) is 18.7 Å². The summed E-state index contributed by atoms with van der Waals surface area (Å²) in [5, 5.41) is 3.18. The van der Waals surface area contributed by atoms with Gasteiger partial charge in [0.25, 0.3) is 0 Å². The zero-order valence-electron chi connectivity index (χ0n) is 12.0. The molecule has 0 amide bonds. The third kappa shape index (κ3) is 3.88. The average molecular weight is 379 g/mol. The van der Waals surface area contributed by atoms with Gasteiger partial charge in [-0.25, -0.2) is 13.1 Å². The first-order valence-corrected chi connectivity index (χ1v) is 8.90. The van der Waals surface area contributed by atoms with Crippen molar-refractivity contribution in [3.05, 3.63) is 16.6 Å². The first-order valence-electron chi connectivity index (χ1n) is 6.62. The third-order valence-electron chi connectivity index (χ3n) is 3.35. The Hall–Kier alpha value is -0.830. The van der Waals surface area contributed by atoms with E-state index in [9.17, 15) is 8.42 Å². The minimum atomic E-state index is -3.65. The zero-order chi connectivity index (χ0) is 15.5. The van der Waals surface area contributed by atoms with E-state index < -0.39 is 10.0 Å². The summed E-state index contributed by atoms with van der Waals surface area (Å²) in [5.74, 6) is 0.774. The summed E-state index contributed by atoms with van der Waals surface area (Å²) in [5.41, 5.74) is 0. The number of benzene rings is 1. The Kier molecular flexibility index (Phi) is 5.48. The summed E-state index contributed by atoms with van der Waals surface area (Å²) in [6.45, 7) is 1.56. The van der Waals surface area contributed by atoms with Gasteiger partial charge in [0.1, 0.15) is 16.4 Å². The minimum absolute atomic E-state index is 0.100. The number of halogens is 1. The standard InChI is InChI=1S/C13H19BrN2O4S/c1-19-11-7-12(20-2)13(6-10(11)14)21(17,18)16-9-4-3-5-15-8-9/h6-7,9,15-16H,3-5,8H2,1-2H3/t9-/m0/s1. The zero-order valence-corrected chi connectivity index (χ0v) is 14.4. The predicted molar refractivity (Wildman–Crippen MR) is 83.5 cm³/mol. The van der Waals surface area contributed by atoms with Crippen LogP contribution in [0.1, 0.15) is 12.8 Å². The van der Waals surface area contributed by atoms with Gasteiger partial charge in [-0.1, -0.05) is 0 Å². The van der Waals surface area contributed by atoms with Crippen LogP contribution in [-0.2, 0) is 10.0 Å². The van der Waals surface area contributed by atoms with Crippen molar-refractivity contribution in [2.45, 2.75) is 23.8 Å². The number of hydrogen-bond donors (Lipinski definition) is 2. The summed E-state index contributed by atoms with van der Waals surface area (Å²) in [4.78, 5) is 0.100. The van der Waals surface area contributed by atoms with Gasteiger partial charge in [-0.2, -0.15) is 0 Å². The highest BCUT2D eigenvalue weighted by molar-refractivity contribution is 9.10. The molecular formula is C13H19BrN2O4S. The second kappa shape index (κ2) is 6.95. The predicted octanol–water partition coefficient (Wildman–Crippen LogP) is 1.50. The van der Waals surface area contributed by atoms with E-state index in [4.69, 9.17) is 9.47 Å². The van der Waals surface area contributed by atoms with E-state index in [0.717, 1.165) is 19.4 Å². The molecule has 6 nitrogen and oxygen atoms in total. The normalized spacial score (nSPS) is 19.3. The van der Waals surface area contributed by atoms with Gasteiger partial charge in [0.15, 0.2) is 0 Å². The summed E-state index contributed by atoms with van der Waals surface area (Å²) >= 11 is 3.30. The SMILES string of the molecule is COc1cc(OC)c(S(=O)(=O)N[C@H]2CCCNC2)cc1Br. The van der Waals surface area contributed by atoms with Crippen LogP contribution in [0, 0.1) is 0 Å². The van der Waals surface area contributed by atoms with Crippen molar-refractivity contribution in [1.29, 1.82) is 0 Å². The minimum Gasteiger partial charge on any atom is -0.495 e. The second-order valence-electron chi connectivity index (χ2n) is 4.80. The molecule has 0 unspecified atom stereocenters. The molecule has 1 aliphatic heterocycles. The highest BCUT2D eigenvalue weighted by Gasteiger charge is 2.26. The summed E-state index contributed by atoms with van der Waals surface area (Å²) in [6, 6.07) is 2.95. The molecule has 21 heavy (non-hydrogen) atoms. The fourth-order valence-electron chi connectivity index (χ4n) is 2.28. The maximum absolute atomic E-state index is 12.6. The van der Waals surface area contributed by atoms with Gasteiger partial charge in [-0.3, -0.25) is 0 Å². The van der Waals surface area contributed by atoms with Crippen molar-refractivity contribution in [3.8, 4) is 11.5 Å². The first-order chi connectivity index (χ1) is 9.97. The number of nitrogens with one attached hydrogen (secondary N) is 2. The summed E-state index contributed by atoms with van der Waals surface area (Å²) in [7, 11) is -0.703. The molecule has 0 saturated carbocycles. The molecular weight excluding hydrogens is 360 g/mol. The Bertz CT molecular complexity index is 600. The second-order valence-corrected chi connectivity index (χ2v) is 7.34. The molecule has 118 valence electrons. The molecule has 8 heteroatoms. The van der Waals surface area contributed by atoms with Crippen LogP contribution in [0.4, 0.5) is 0 Å². The molecule has 0 aliphatic carbocycles. The van der Waals surface area contributed by atoms with E-state index >= 15 is 0 Å². The van der Waals surface area contributed by atoms with Crippen molar-refractivity contribution >= 4 is 26.0 Å². The van der Waals surface area contributed by atoms with Crippen LogP contribution in [0.2, 0.25) is 0 Å². The van der Waals surface area contributed by atoms with Crippen molar-refractivity contribution in [1.82, 2.24) is 10.0 Å². The van der Waals surface area contributed by atoms with Crippen molar-refractivity contribution in [2.24, 2.45) is 0 Å². The van der Waals surface area contributed by atoms with Crippen LogP contribution in [0.25, 0.3) is 0 Å². The van der Waals surface area contributed by atoms with E-state index in [1.54, 1.807) is 6.07 Å². The average Bonchev–Trinajstić information content (AvgIpc) is 2.47. The number of ether oxygens (including phenoxy) is 2. The lowest BCUT2D eigenvalue weighted by Gasteiger charge is -2.24. The van der Waals surface area contributed by atoms with E-state index in [-0.39, 0.29) is 16.7 Å². The van der Waals surface area contributed by atoms with Crippen LogP contribution >= 0.6 is 15.9 Å². The van der Waals surface area contributed by atoms with Gasteiger partial charge in [0.2, 0.25) is 10.0 Å². The molecule has 1 fully saturated rings. The molecule has 0 radical (unpaired) electrons. The Morgan fingerprint density at radius 2 is 2.00 bits per heavy atom. The number of piperidine rings is 1. The quantitative estimate of drug-likeness (QED) is 0.811. The van der Waals surface area contributed by atoms with E-state index in [2.05, 4.69) is 26.0 Å². The molecule has 0 spiro atoms. The third-order valence-corrected chi connectivity index (χ3v) is 5.51. The Morgan fingerprint density at radius 3 is 2.57 bits per heavy atom. The monoisotopic (exact) mass is 378 g/mol. The molecule has 2 N–H and O–H groups in total. The van der Waals surface area contributed by atoms with Crippen LogP contribution in [0.3, 0.4) is 0 Å². The van der Waals surface area contributed by atoms with Gasteiger partial charge >= 0.3 is 0 Å². The van der Waals surface area contributed by atoms with Gasteiger partial charge < -0.3 is 14.8 Å². The van der Waals surface area contributed by atoms with E-state index in [1.165, 1.54) is 20.3 Å². The fraction of sp³-hybridized carbons (Fsp3) is 0.538. The van der Waals surface area contributed by atoms with Crippen molar-refractivity contribution < 1.29 is 17.9 Å². The highest BCUT2D eigenvalue weighted by atomic mass is 79.9. The summed E-state index contributed by atoms with van der Waals surface area (Å²) in [6.07, 6.45) is 1.78. The van der Waals surface area contributed by atoms with Gasteiger partial charge in [-0.05, 0) is 41.4 Å².